The van der Waals surface area contributed by atoms with Crippen molar-refractivity contribution < 1.29 is 9.50 Å². The molecule has 0 amide bonds. The molecule has 0 aliphatic heterocycles. The van der Waals surface area contributed by atoms with Gasteiger partial charge >= 0.3 is 0 Å². The molecule has 0 fully saturated rings. The number of hydrogen-bond donors (Lipinski definition) is 4. The molecule has 2 heterocycles. The Morgan fingerprint density at radius 3 is 2.57 bits per heavy atom. The first kappa shape index (κ1) is 17.6. The van der Waals surface area contributed by atoms with Crippen LogP contribution in [0, 0.1) is 5.82 Å². The number of fused-ring (bicyclic) bond motifs is 1. The van der Waals surface area contributed by atoms with E-state index in [4.69, 9.17) is 11.5 Å². The van der Waals surface area contributed by atoms with Gasteiger partial charge in [0.25, 0.3) is 0 Å². The number of halogens is 1. The average molecular weight is 378 g/mol. The summed E-state index contributed by atoms with van der Waals surface area (Å²) in [5, 5.41) is 15.1. The molecule has 4 aromatic rings. The molecule has 0 bridgehead atoms. The van der Waals surface area contributed by atoms with Crippen LogP contribution in [0.25, 0.3) is 33.7 Å². The van der Waals surface area contributed by atoms with E-state index in [-0.39, 0.29) is 23.2 Å². The molecule has 6 N–H and O–H groups in total. The molecule has 0 aliphatic carbocycles. The number of aliphatic hydroxyl groups excluding tert-OH is 1. The zero-order valence-corrected chi connectivity index (χ0v) is 15.1. The van der Waals surface area contributed by atoms with Gasteiger partial charge in [0.2, 0.25) is 5.88 Å². The van der Waals surface area contributed by atoms with Gasteiger partial charge in [-0.25, -0.2) is 9.37 Å². The van der Waals surface area contributed by atoms with E-state index >= 15 is 0 Å². The molecule has 7 nitrogen and oxygen atoms in total. The van der Waals surface area contributed by atoms with E-state index in [1.54, 1.807) is 12.1 Å². The first-order chi connectivity index (χ1) is 13.5. The van der Waals surface area contributed by atoms with Crippen LogP contribution >= 0.6 is 0 Å². The quantitative estimate of drug-likeness (QED) is 0.405. The second-order valence-corrected chi connectivity index (χ2v) is 6.32. The monoisotopic (exact) mass is 378 g/mol. The summed E-state index contributed by atoms with van der Waals surface area (Å²) in [5.74, 6) is -0.153. The maximum absolute atomic E-state index is 13.3. The summed E-state index contributed by atoms with van der Waals surface area (Å²) in [7, 11) is 0. The average Bonchev–Trinajstić information content (AvgIpc) is 3.28. The fraction of sp³-hybridized carbons (Fsp3) is 0.100. The molecule has 2 aromatic carbocycles. The topological polar surface area (TPSA) is 119 Å². The van der Waals surface area contributed by atoms with Crippen LogP contribution in [0.5, 0.6) is 0 Å². The molecular weight excluding hydrogens is 359 g/mol. The highest BCUT2D eigenvalue weighted by molar-refractivity contribution is 5.85. The smallest absolute Gasteiger partial charge is 0.241 e. The molecule has 0 spiro atoms. The first-order valence-electron chi connectivity index (χ1n) is 8.77. The van der Waals surface area contributed by atoms with Crippen LogP contribution in [0.1, 0.15) is 18.4 Å². The van der Waals surface area contributed by atoms with E-state index in [0.29, 0.717) is 29.1 Å². The van der Waals surface area contributed by atoms with Gasteiger partial charge in [-0.2, -0.15) is 9.78 Å². The summed E-state index contributed by atoms with van der Waals surface area (Å²) in [6.45, 7) is 1.92. The second kappa shape index (κ2) is 6.73. The number of benzene rings is 2. The molecule has 2 aromatic heterocycles. The molecule has 142 valence electrons. The maximum Gasteiger partial charge on any atom is 0.241 e. The lowest BCUT2D eigenvalue weighted by atomic mass is 10.0. The van der Waals surface area contributed by atoms with Crippen LogP contribution in [0.4, 0.5) is 10.2 Å². The number of aliphatic hydroxyl groups is 1. The van der Waals surface area contributed by atoms with Crippen molar-refractivity contribution in [1.82, 2.24) is 19.7 Å². The van der Waals surface area contributed by atoms with Crippen molar-refractivity contribution in [3.8, 4) is 11.1 Å². The van der Waals surface area contributed by atoms with Gasteiger partial charge in [-0.05, 0) is 36.2 Å². The zero-order valence-electron chi connectivity index (χ0n) is 15.1. The normalized spacial score (nSPS) is 12.4. The number of aromatic amines is 1. The van der Waals surface area contributed by atoms with E-state index in [1.807, 2.05) is 31.2 Å². The SMILES string of the molecule is CCc1nn(/C(O)=C(\N)c2nc3ccccc3[nH]2)c(N)c1-c1ccc(F)cc1. The van der Waals surface area contributed by atoms with Crippen molar-refractivity contribution in [2.24, 2.45) is 5.73 Å². The Labute approximate surface area is 160 Å². The zero-order chi connectivity index (χ0) is 19.8. The minimum atomic E-state index is -0.343. The summed E-state index contributed by atoms with van der Waals surface area (Å²) < 4.78 is 14.5. The number of aromatic nitrogens is 4. The summed E-state index contributed by atoms with van der Waals surface area (Å²) in [6, 6.07) is 13.4. The largest absolute Gasteiger partial charge is 0.492 e. The van der Waals surface area contributed by atoms with Gasteiger partial charge in [0, 0.05) is 5.56 Å². The molecule has 0 saturated heterocycles. The lowest BCUT2D eigenvalue weighted by molar-refractivity contribution is 0.460. The van der Waals surface area contributed by atoms with Crippen molar-refractivity contribution in [1.29, 1.82) is 0 Å². The van der Waals surface area contributed by atoms with Crippen molar-refractivity contribution in [2.45, 2.75) is 13.3 Å². The highest BCUT2D eigenvalue weighted by Crippen LogP contribution is 2.32. The number of nitrogens with one attached hydrogen (secondary N) is 1. The summed E-state index contributed by atoms with van der Waals surface area (Å²) >= 11 is 0. The minimum absolute atomic E-state index is 0.0127. The van der Waals surface area contributed by atoms with Crippen molar-refractivity contribution in [3.05, 3.63) is 65.9 Å². The van der Waals surface area contributed by atoms with E-state index in [9.17, 15) is 9.50 Å². The van der Waals surface area contributed by atoms with Crippen LogP contribution in [-0.4, -0.2) is 24.9 Å². The Bertz CT molecular complexity index is 1160. The number of rotatable bonds is 4. The van der Waals surface area contributed by atoms with Gasteiger partial charge in [0.05, 0.1) is 16.7 Å². The van der Waals surface area contributed by atoms with Gasteiger partial charge < -0.3 is 21.6 Å². The molecule has 0 unspecified atom stereocenters. The molecule has 0 atom stereocenters. The number of para-hydroxylation sites is 2. The Balaban J connectivity index is 1.83. The lowest BCUT2D eigenvalue weighted by Crippen LogP contribution is -2.11. The van der Waals surface area contributed by atoms with E-state index in [1.165, 1.54) is 16.8 Å². The third-order valence-electron chi connectivity index (χ3n) is 4.55. The number of nitrogen functional groups attached to an aromatic ring is 1. The van der Waals surface area contributed by atoms with Crippen LogP contribution < -0.4 is 11.5 Å². The van der Waals surface area contributed by atoms with E-state index in [0.717, 1.165) is 11.0 Å². The number of nitrogens with two attached hydrogens (primary N) is 2. The summed E-state index contributed by atoms with van der Waals surface area (Å²) in [4.78, 5) is 7.45. The molecule has 0 saturated carbocycles. The van der Waals surface area contributed by atoms with Crippen molar-refractivity contribution in [2.75, 3.05) is 5.73 Å². The van der Waals surface area contributed by atoms with Crippen LogP contribution in [0.3, 0.4) is 0 Å². The standard InChI is InChI=1S/C20H19FN6O/c1-2-13-16(11-7-9-12(21)10-8-11)18(23)27(26-13)20(28)17(22)19-24-14-5-3-4-6-15(14)25-19/h3-10,28H,2,22-23H2,1H3,(H,24,25)/b20-17+. The van der Waals surface area contributed by atoms with Gasteiger partial charge in [0.15, 0.2) is 5.82 Å². The number of aryl methyl sites for hydroxylation is 1. The second-order valence-electron chi connectivity index (χ2n) is 6.32. The molecule has 0 aliphatic rings. The number of anilines is 1. The van der Waals surface area contributed by atoms with Gasteiger partial charge in [-0.3, -0.25) is 0 Å². The van der Waals surface area contributed by atoms with Crippen LogP contribution in [-0.2, 0) is 6.42 Å². The predicted octanol–water partition coefficient (Wildman–Crippen LogP) is 3.51. The molecule has 8 heteroatoms. The minimum Gasteiger partial charge on any atom is -0.492 e. The predicted molar refractivity (Wildman–Crippen MR) is 107 cm³/mol. The molecule has 28 heavy (non-hydrogen) atoms. The number of hydrogen-bond acceptors (Lipinski definition) is 5. The number of H-pyrrole nitrogens is 1. The lowest BCUT2D eigenvalue weighted by Gasteiger charge is -2.07. The first-order valence-corrected chi connectivity index (χ1v) is 8.77. The fourth-order valence-corrected chi connectivity index (χ4v) is 3.12. The Morgan fingerprint density at radius 1 is 1.18 bits per heavy atom. The van der Waals surface area contributed by atoms with Crippen molar-refractivity contribution in [3.63, 3.8) is 0 Å². The number of imidazole rings is 1. The third-order valence-corrected chi connectivity index (χ3v) is 4.55. The Kier molecular flexibility index (Phi) is 4.23. The highest BCUT2D eigenvalue weighted by Gasteiger charge is 2.21. The molecule has 0 radical (unpaired) electrons. The molecular formula is C20H19FN6O. The Hall–Kier alpha value is -3.81. The van der Waals surface area contributed by atoms with E-state index < -0.39 is 0 Å². The summed E-state index contributed by atoms with van der Waals surface area (Å²) in [5.41, 5.74) is 15.9. The maximum atomic E-state index is 13.3. The summed E-state index contributed by atoms with van der Waals surface area (Å²) in [6.07, 6.45) is 0.571. The third kappa shape index (κ3) is 2.84. The van der Waals surface area contributed by atoms with Crippen LogP contribution in [0.2, 0.25) is 0 Å². The van der Waals surface area contributed by atoms with Gasteiger partial charge in [-0.15, -0.1) is 0 Å². The Morgan fingerprint density at radius 2 is 1.89 bits per heavy atom. The van der Waals surface area contributed by atoms with Gasteiger partial charge in [0.1, 0.15) is 17.3 Å². The van der Waals surface area contributed by atoms with Crippen molar-refractivity contribution >= 4 is 28.4 Å². The molecule has 4 rings (SSSR count). The van der Waals surface area contributed by atoms with Gasteiger partial charge in [-0.1, -0.05) is 31.2 Å². The highest BCUT2D eigenvalue weighted by atomic mass is 19.1. The number of nitrogens with zero attached hydrogens (tertiary/aromatic N) is 3. The van der Waals surface area contributed by atoms with Crippen LogP contribution in [0.15, 0.2) is 48.5 Å². The van der Waals surface area contributed by atoms with E-state index in [2.05, 4.69) is 15.1 Å². The fourth-order valence-electron chi connectivity index (χ4n) is 3.12.